The van der Waals surface area contributed by atoms with Crippen molar-refractivity contribution in [2.24, 2.45) is 11.8 Å². The molecule has 2 aromatic heterocycles. The van der Waals surface area contributed by atoms with Gasteiger partial charge in [0.25, 0.3) is 0 Å². The minimum atomic E-state index is -0.790. The van der Waals surface area contributed by atoms with Crippen molar-refractivity contribution in [1.82, 2.24) is 9.88 Å². The number of fused-ring (bicyclic) bond motifs is 1. The van der Waals surface area contributed by atoms with E-state index in [1.807, 2.05) is 35.7 Å². The number of aliphatic hydroxyl groups excluding tert-OH is 1. The van der Waals surface area contributed by atoms with E-state index < -0.39 is 12.1 Å². The van der Waals surface area contributed by atoms with Gasteiger partial charge in [-0.25, -0.2) is 0 Å². The Morgan fingerprint density at radius 3 is 2.97 bits per heavy atom. The van der Waals surface area contributed by atoms with Crippen molar-refractivity contribution in [3.05, 3.63) is 57.4 Å². The Bertz CT molecular complexity index is 1220. The van der Waals surface area contributed by atoms with Crippen LogP contribution in [-0.2, 0) is 4.79 Å². The Morgan fingerprint density at radius 2 is 2.23 bits per heavy atom. The molecule has 8 heteroatoms. The molecule has 184 valence electrons. The van der Waals surface area contributed by atoms with E-state index in [0.717, 1.165) is 35.2 Å². The van der Waals surface area contributed by atoms with Crippen molar-refractivity contribution in [1.29, 1.82) is 0 Å². The number of aromatic nitrogens is 1. The van der Waals surface area contributed by atoms with Gasteiger partial charge in [0.15, 0.2) is 0 Å². The van der Waals surface area contributed by atoms with E-state index in [1.54, 1.807) is 24.6 Å². The zero-order chi connectivity index (χ0) is 24.8. The van der Waals surface area contributed by atoms with E-state index in [-0.39, 0.29) is 18.3 Å². The van der Waals surface area contributed by atoms with Gasteiger partial charge in [-0.1, -0.05) is 29.5 Å². The molecule has 0 spiro atoms. The van der Waals surface area contributed by atoms with Crippen LogP contribution in [0, 0.1) is 23.7 Å². The van der Waals surface area contributed by atoms with Crippen molar-refractivity contribution in [3.63, 3.8) is 0 Å². The molecule has 6 nitrogen and oxygen atoms in total. The molecule has 3 unspecified atom stereocenters. The van der Waals surface area contributed by atoms with Crippen LogP contribution in [-0.4, -0.2) is 52.8 Å². The number of aliphatic hydroxyl groups is 1. The molecule has 1 aliphatic rings. The number of rotatable bonds is 8. The number of benzene rings is 1. The number of halogens is 1. The summed E-state index contributed by atoms with van der Waals surface area (Å²) in [5.74, 6) is 6.50. The Balaban J connectivity index is 1.42. The summed E-state index contributed by atoms with van der Waals surface area (Å²) >= 11 is 8.07. The first-order valence-electron chi connectivity index (χ1n) is 11.7. The fourth-order valence-corrected chi connectivity index (χ4v) is 5.74. The lowest BCUT2D eigenvalue weighted by Crippen LogP contribution is -2.41. The van der Waals surface area contributed by atoms with E-state index in [2.05, 4.69) is 21.7 Å². The smallest absolute Gasteiger partial charge is 0.303 e. The Kier molecular flexibility index (Phi) is 8.64. The zero-order valence-electron chi connectivity index (χ0n) is 19.6. The highest BCUT2D eigenvalue weighted by Gasteiger charge is 2.31. The highest BCUT2D eigenvalue weighted by molar-refractivity contribution is 7.10. The molecule has 0 radical (unpaired) electrons. The SMILES string of the molecule is COc1ccc2ncc(Cl)c(C(O)CCC3CCN(CC#Cc4cccs4)CC3CC(=O)O)c2c1. The lowest BCUT2D eigenvalue weighted by atomic mass is 9.79. The molecule has 3 aromatic rings. The number of hydrogen-bond donors (Lipinski definition) is 2. The molecule has 0 aliphatic carbocycles. The topological polar surface area (TPSA) is 82.9 Å². The number of hydrogen-bond acceptors (Lipinski definition) is 6. The summed E-state index contributed by atoms with van der Waals surface area (Å²) in [5, 5.41) is 23.8. The first kappa shape index (κ1) is 25.5. The van der Waals surface area contributed by atoms with E-state index in [0.29, 0.717) is 35.8 Å². The molecule has 1 aromatic carbocycles. The van der Waals surface area contributed by atoms with Crippen LogP contribution in [0.2, 0.25) is 5.02 Å². The molecule has 0 bridgehead atoms. The number of thiophene rings is 1. The van der Waals surface area contributed by atoms with Crippen LogP contribution in [0.15, 0.2) is 41.9 Å². The van der Waals surface area contributed by atoms with E-state index in [4.69, 9.17) is 16.3 Å². The number of piperidine rings is 1. The van der Waals surface area contributed by atoms with Crippen LogP contribution in [0.1, 0.15) is 42.2 Å². The highest BCUT2D eigenvalue weighted by Crippen LogP contribution is 2.37. The maximum Gasteiger partial charge on any atom is 0.303 e. The monoisotopic (exact) mass is 512 g/mol. The number of methoxy groups -OCH3 is 1. The van der Waals surface area contributed by atoms with Gasteiger partial charge in [0.2, 0.25) is 0 Å². The molecule has 0 amide bonds. The average molecular weight is 513 g/mol. The molecule has 1 aliphatic heterocycles. The molecule has 3 heterocycles. The fraction of sp³-hybridized carbons (Fsp3) is 0.407. The van der Waals surface area contributed by atoms with Crippen molar-refractivity contribution in [3.8, 4) is 17.6 Å². The van der Waals surface area contributed by atoms with Crippen molar-refractivity contribution in [2.45, 2.75) is 31.8 Å². The predicted octanol–water partition coefficient (Wildman–Crippen LogP) is 5.24. The molecule has 3 atom stereocenters. The number of carboxylic acid groups (broad SMARTS) is 1. The number of aliphatic carboxylic acids is 1. The van der Waals surface area contributed by atoms with Gasteiger partial charge < -0.3 is 14.9 Å². The first-order valence-corrected chi connectivity index (χ1v) is 13.0. The summed E-state index contributed by atoms with van der Waals surface area (Å²) < 4.78 is 5.34. The Labute approximate surface area is 214 Å². The van der Waals surface area contributed by atoms with Gasteiger partial charge in [-0.05, 0) is 67.3 Å². The minimum Gasteiger partial charge on any atom is -0.497 e. The molecule has 2 N–H and O–H groups in total. The van der Waals surface area contributed by atoms with Gasteiger partial charge >= 0.3 is 5.97 Å². The fourth-order valence-electron chi connectivity index (χ4n) is 4.87. The van der Waals surface area contributed by atoms with E-state index in [1.165, 1.54) is 0 Å². The third kappa shape index (κ3) is 6.53. The number of nitrogens with zero attached hydrogens (tertiary/aromatic N) is 2. The zero-order valence-corrected chi connectivity index (χ0v) is 21.2. The van der Waals surface area contributed by atoms with Crippen molar-refractivity contribution in [2.75, 3.05) is 26.7 Å². The second-order valence-electron chi connectivity index (χ2n) is 8.92. The first-order chi connectivity index (χ1) is 16.9. The normalized spacial score (nSPS) is 19.2. The summed E-state index contributed by atoms with van der Waals surface area (Å²) in [5.41, 5.74) is 1.39. The van der Waals surface area contributed by atoms with Crippen LogP contribution in [0.3, 0.4) is 0 Å². The van der Waals surface area contributed by atoms with Gasteiger partial charge in [-0.3, -0.25) is 14.7 Å². The van der Waals surface area contributed by atoms with Crippen LogP contribution in [0.4, 0.5) is 0 Å². The minimum absolute atomic E-state index is 0.0155. The number of carbonyl (C=O) groups is 1. The summed E-state index contributed by atoms with van der Waals surface area (Å²) in [6.07, 6.45) is 3.00. The van der Waals surface area contributed by atoms with Gasteiger partial charge in [0.1, 0.15) is 5.75 Å². The largest absolute Gasteiger partial charge is 0.497 e. The molecular formula is C27H29ClN2O4S. The number of likely N-dealkylation sites (tertiary alicyclic amines) is 1. The number of ether oxygens (including phenoxy) is 1. The second-order valence-corrected chi connectivity index (χ2v) is 10.3. The van der Waals surface area contributed by atoms with E-state index in [9.17, 15) is 15.0 Å². The van der Waals surface area contributed by atoms with Crippen molar-refractivity contribution >= 4 is 39.8 Å². The van der Waals surface area contributed by atoms with E-state index >= 15 is 0 Å². The molecular weight excluding hydrogens is 484 g/mol. The van der Waals surface area contributed by atoms with Gasteiger partial charge in [0.05, 0.1) is 35.2 Å². The van der Waals surface area contributed by atoms with Crippen LogP contribution in [0.5, 0.6) is 5.75 Å². The summed E-state index contributed by atoms with van der Waals surface area (Å²) in [7, 11) is 1.60. The molecule has 1 saturated heterocycles. The summed E-state index contributed by atoms with van der Waals surface area (Å²) in [4.78, 5) is 19.2. The highest BCUT2D eigenvalue weighted by atomic mass is 35.5. The second kappa shape index (κ2) is 11.9. The molecule has 0 saturated carbocycles. The van der Waals surface area contributed by atoms with Crippen LogP contribution >= 0.6 is 22.9 Å². The predicted molar refractivity (Wildman–Crippen MR) is 139 cm³/mol. The maximum absolute atomic E-state index is 11.6. The van der Waals surface area contributed by atoms with Crippen LogP contribution < -0.4 is 4.74 Å². The van der Waals surface area contributed by atoms with Gasteiger partial charge in [-0.15, -0.1) is 11.3 Å². The third-order valence-electron chi connectivity index (χ3n) is 6.66. The maximum atomic E-state index is 11.6. The van der Waals surface area contributed by atoms with Gasteiger partial charge in [-0.2, -0.15) is 0 Å². The Hall–Kier alpha value is -2.63. The molecule has 1 fully saturated rings. The lowest BCUT2D eigenvalue weighted by Gasteiger charge is -2.37. The molecule has 4 rings (SSSR count). The Morgan fingerprint density at radius 1 is 1.37 bits per heavy atom. The van der Waals surface area contributed by atoms with Crippen molar-refractivity contribution < 1.29 is 19.7 Å². The standard InChI is InChI=1S/C27H29ClN2O4S/c1-34-20-7-8-24-22(15-20)27(23(28)16-29-24)25(31)9-6-18-10-12-30(17-19(18)14-26(32)33)11-2-4-21-5-3-13-35-21/h3,5,7-8,13,15-16,18-19,25,31H,6,9-12,14,17H2,1H3,(H,32,33). The molecule has 35 heavy (non-hydrogen) atoms. The third-order valence-corrected chi connectivity index (χ3v) is 7.75. The number of pyridine rings is 1. The average Bonchev–Trinajstić information content (AvgIpc) is 3.36. The lowest BCUT2D eigenvalue weighted by molar-refractivity contribution is -0.139. The number of carboxylic acids is 1. The van der Waals surface area contributed by atoms with Crippen LogP contribution in [0.25, 0.3) is 10.9 Å². The summed E-state index contributed by atoms with van der Waals surface area (Å²) in [6.45, 7) is 2.19. The summed E-state index contributed by atoms with van der Waals surface area (Å²) in [6, 6.07) is 9.50. The van der Waals surface area contributed by atoms with Gasteiger partial charge in [0, 0.05) is 30.1 Å². The quantitative estimate of drug-likeness (QED) is 0.402.